The van der Waals surface area contributed by atoms with Gasteiger partial charge in [0.2, 0.25) is 0 Å². The van der Waals surface area contributed by atoms with Crippen molar-refractivity contribution in [2.24, 2.45) is 10.9 Å². The molecule has 3 nitrogen and oxygen atoms in total. The first kappa shape index (κ1) is 21.9. The van der Waals surface area contributed by atoms with Crippen molar-refractivity contribution in [1.29, 1.82) is 0 Å². The largest absolute Gasteiger partial charge is 0.508 e. The third-order valence-electron chi connectivity index (χ3n) is 7.15. The van der Waals surface area contributed by atoms with Crippen LogP contribution in [-0.2, 0) is 13.0 Å². The molecule has 2 aromatic carbocycles. The van der Waals surface area contributed by atoms with Gasteiger partial charge < -0.3 is 9.84 Å². The lowest BCUT2D eigenvalue weighted by molar-refractivity contribution is 0.00328. The molecular weight excluding hydrogens is 382 g/mol. The highest BCUT2D eigenvalue weighted by molar-refractivity contribution is 5.86. The van der Waals surface area contributed by atoms with Gasteiger partial charge in [-0.2, -0.15) is 0 Å². The Morgan fingerprint density at radius 2 is 1.87 bits per heavy atom. The van der Waals surface area contributed by atoms with Gasteiger partial charge in [0.05, 0.1) is 6.54 Å². The van der Waals surface area contributed by atoms with E-state index in [1.165, 1.54) is 36.1 Å². The van der Waals surface area contributed by atoms with Crippen molar-refractivity contribution < 1.29 is 9.84 Å². The van der Waals surface area contributed by atoms with Crippen molar-refractivity contribution >= 4 is 5.71 Å². The number of phenols is 1. The van der Waals surface area contributed by atoms with Crippen LogP contribution in [0.15, 0.2) is 47.5 Å². The third-order valence-corrected chi connectivity index (χ3v) is 7.15. The first-order valence-electron chi connectivity index (χ1n) is 12.1. The van der Waals surface area contributed by atoms with Crippen LogP contribution in [0.5, 0.6) is 11.5 Å². The number of rotatable bonds is 7. The predicted molar refractivity (Wildman–Crippen MR) is 128 cm³/mol. The van der Waals surface area contributed by atoms with Crippen LogP contribution in [0, 0.1) is 5.92 Å². The third kappa shape index (κ3) is 4.97. The maximum atomic E-state index is 11.0. The van der Waals surface area contributed by atoms with Gasteiger partial charge in [-0.3, -0.25) is 4.99 Å². The monoisotopic (exact) mass is 419 g/mol. The summed E-state index contributed by atoms with van der Waals surface area (Å²) in [4.78, 5) is 4.96. The molecule has 2 aliphatic rings. The smallest absolute Gasteiger partial charge is 0.127 e. The predicted octanol–water partition coefficient (Wildman–Crippen LogP) is 7.21. The number of aliphatic imine (C=N–C) groups is 1. The average molecular weight is 420 g/mol. The fraction of sp³-hybridized carbons (Fsp3) is 0.536. The first-order valence-corrected chi connectivity index (χ1v) is 12.1. The number of benzene rings is 2. The van der Waals surface area contributed by atoms with E-state index in [4.69, 9.17) is 9.73 Å². The van der Waals surface area contributed by atoms with E-state index in [-0.39, 0.29) is 11.5 Å². The van der Waals surface area contributed by atoms with Gasteiger partial charge in [-0.25, -0.2) is 0 Å². The van der Waals surface area contributed by atoms with E-state index in [2.05, 4.69) is 51.1 Å². The van der Waals surface area contributed by atoms with Crippen LogP contribution in [0.3, 0.4) is 0 Å². The van der Waals surface area contributed by atoms with E-state index in [0.717, 1.165) is 50.0 Å². The summed E-state index contributed by atoms with van der Waals surface area (Å²) in [5, 5.41) is 11.0. The van der Waals surface area contributed by atoms with Crippen LogP contribution in [0.4, 0.5) is 0 Å². The maximum absolute atomic E-state index is 11.0. The fourth-order valence-corrected chi connectivity index (χ4v) is 5.47. The zero-order valence-electron chi connectivity index (χ0n) is 19.4. The van der Waals surface area contributed by atoms with E-state index < -0.39 is 0 Å². The van der Waals surface area contributed by atoms with Crippen LogP contribution >= 0.6 is 0 Å². The van der Waals surface area contributed by atoms with E-state index >= 15 is 0 Å². The van der Waals surface area contributed by atoms with Crippen molar-refractivity contribution in [2.45, 2.75) is 90.2 Å². The zero-order valence-corrected chi connectivity index (χ0v) is 19.4. The fourth-order valence-electron chi connectivity index (χ4n) is 5.47. The lowest BCUT2D eigenvalue weighted by atomic mass is 9.66. The molecule has 4 rings (SSSR count). The summed E-state index contributed by atoms with van der Waals surface area (Å²) in [6.07, 6.45) is 8.92. The van der Waals surface area contributed by atoms with Crippen LogP contribution in [0.25, 0.3) is 0 Å². The van der Waals surface area contributed by atoms with Gasteiger partial charge in [0, 0.05) is 23.1 Å². The number of nitrogens with zero attached hydrogens (tertiary/aromatic N) is 1. The number of phenolic OH excluding ortho intramolecular Hbond substituents is 1. The van der Waals surface area contributed by atoms with Gasteiger partial charge in [0.1, 0.15) is 17.1 Å². The second-order valence-electron chi connectivity index (χ2n) is 9.87. The molecular formula is C28H37NO2. The minimum atomic E-state index is -0.226. The summed E-state index contributed by atoms with van der Waals surface area (Å²) in [6.45, 7) is 7.40. The van der Waals surface area contributed by atoms with Gasteiger partial charge in [-0.1, -0.05) is 56.5 Å². The molecule has 3 heteroatoms. The molecule has 2 aromatic rings. The molecule has 0 saturated heterocycles. The average Bonchev–Trinajstić information content (AvgIpc) is 2.75. The molecule has 166 valence electrons. The number of hydrogen-bond donors (Lipinski definition) is 1. The van der Waals surface area contributed by atoms with Gasteiger partial charge >= 0.3 is 0 Å². The Bertz CT molecular complexity index is 916. The van der Waals surface area contributed by atoms with E-state index in [9.17, 15) is 5.11 Å². The van der Waals surface area contributed by atoms with Crippen molar-refractivity contribution in [3.8, 4) is 11.5 Å². The Morgan fingerprint density at radius 1 is 1.06 bits per heavy atom. The Morgan fingerprint density at radius 3 is 2.65 bits per heavy atom. The molecule has 1 heterocycles. The topological polar surface area (TPSA) is 41.8 Å². The summed E-state index contributed by atoms with van der Waals surface area (Å²) in [7, 11) is 0. The van der Waals surface area contributed by atoms with Gasteiger partial charge in [-0.05, 0) is 69.2 Å². The molecule has 1 N–H and O–H groups in total. The molecule has 0 aromatic heterocycles. The summed E-state index contributed by atoms with van der Waals surface area (Å²) in [6, 6.07) is 14.6. The molecule has 0 radical (unpaired) electrons. The molecule has 2 unspecified atom stereocenters. The zero-order chi connectivity index (χ0) is 21.8. The maximum Gasteiger partial charge on any atom is 0.127 e. The number of unbranched alkanes of at least 4 members (excludes halogenated alkanes) is 3. The SMILES string of the molecule is CCCCCCc1cc(O)c2c(c1)OC(C)(C)C1CCC(=NCc3ccccc3)CC21. The standard InChI is InChI=1S/C28H37NO2/c1-4-5-6-8-13-21-16-25(30)27-23-18-22(29-19-20-11-9-7-10-12-20)14-15-24(23)28(2,3)31-26(27)17-21/h7,9-12,16-17,23-24,30H,4-6,8,13-15,18-19H2,1-3H3. The molecule has 1 fully saturated rings. The highest BCUT2D eigenvalue weighted by atomic mass is 16.5. The highest BCUT2D eigenvalue weighted by Gasteiger charge is 2.47. The number of ether oxygens (including phenoxy) is 1. The Hall–Kier alpha value is -2.29. The summed E-state index contributed by atoms with van der Waals surface area (Å²) in [5.74, 6) is 1.98. The lowest BCUT2D eigenvalue weighted by Gasteiger charge is -2.47. The second-order valence-corrected chi connectivity index (χ2v) is 9.87. The lowest BCUT2D eigenvalue weighted by Crippen LogP contribution is -2.47. The quantitative estimate of drug-likeness (QED) is 0.482. The van der Waals surface area contributed by atoms with Crippen LogP contribution < -0.4 is 4.74 Å². The van der Waals surface area contributed by atoms with Crippen molar-refractivity contribution in [3.05, 3.63) is 59.2 Å². The molecule has 31 heavy (non-hydrogen) atoms. The highest BCUT2D eigenvalue weighted by Crippen LogP contribution is 2.54. The number of aromatic hydroxyl groups is 1. The van der Waals surface area contributed by atoms with Crippen LogP contribution in [0.1, 0.15) is 88.3 Å². The van der Waals surface area contributed by atoms with Gasteiger partial charge in [0.15, 0.2) is 0 Å². The molecule has 2 atom stereocenters. The summed E-state index contributed by atoms with van der Waals surface area (Å²) < 4.78 is 6.50. The molecule has 0 amide bonds. The molecule has 1 aliphatic heterocycles. The number of aryl methyl sites for hydroxylation is 1. The van der Waals surface area contributed by atoms with Crippen molar-refractivity contribution in [2.75, 3.05) is 0 Å². The number of fused-ring (bicyclic) bond motifs is 3. The van der Waals surface area contributed by atoms with Crippen molar-refractivity contribution in [3.63, 3.8) is 0 Å². The molecule has 0 bridgehead atoms. The Labute approximate surface area is 187 Å². The molecule has 1 aliphatic carbocycles. The normalized spacial score (nSPS) is 23.1. The Balaban J connectivity index is 1.56. The summed E-state index contributed by atoms with van der Waals surface area (Å²) in [5.41, 5.74) is 4.50. The summed E-state index contributed by atoms with van der Waals surface area (Å²) >= 11 is 0. The minimum absolute atomic E-state index is 0.226. The van der Waals surface area contributed by atoms with E-state index in [1.807, 2.05) is 12.1 Å². The Kier molecular flexibility index (Phi) is 6.69. The number of hydrogen-bond acceptors (Lipinski definition) is 3. The van der Waals surface area contributed by atoms with Crippen LogP contribution in [0.2, 0.25) is 0 Å². The van der Waals surface area contributed by atoms with Gasteiger partial charge in [-0.15, -0.1) is 0 Å². The first-order chi connectivity index (χ1) is 15.0. The van der Waals surface area contributed by atoms with Crippen molar-refractivity contribution in [1.82, 2.24) is 0 Å². The molecule has 1 saturated carbocycles. The van der Waals surface area contributed by atoms with Crippen LogP contribution in [-0.4, -0.2) is 16.4 Å². The van der Waals surface area contributed by atoms with E-state index in [0.29, 0.717) is 11.7 Å². The van der Waals surface area contributed by atoms with Gasteiger partial charge in [0.25, 0.3) is 0 Å². The molecule has 0 spiro atoms. The minimum Gasteiger partial charge on any atom is -0.508 e. The van der Waals surface area contributed by atoms with E-state index in [1.54, 1.807) is 0 Å². The second kappa shape index (κ2) is 9.46.